The first-order chi connectivity index (χ1) is 23.6. The zero-order valence-corrected chi connectivity index (χ0v) is 30.2. The van der Waals surface area contributed by atoms with E-state index in [1.54, 1.807) is 19.4 Å². The summed E-state index contributed by atoms with van der Waals surface area (Å²) in [5, 5.41) is 27.7. The van der Waals surface area contributed by atoms with E-state index in [0.717, 1.165) is 5.56 Å². The summed E-state index contributed by atoms with van der Waals surface area (Å²) >= 11 is 10.8. The van der Waals surface area contributed by atoms with E-state index in [4.69, 9.17) is 30.0 Å². The molecule has 0 aliphatic heterocycles. The molecule has 4 aromatic carbocycles. The fourth-order valence-corrected chi connectivity index (χ4v) is 8.98. The van der Waals surface area contributed by atoms with Gasteiger partial charge < -0.3 is 40.6 Å². The second-order valence-corrected chi connectivity index (χ2v) is 14.5. The number of benzene rings is 4. The van der Waals surface area contributed by atoms with E-state index < -0.39 is 7.26 Å². The van der Waals surface area contributed by atoms with Gasteiger partial charge in [-0.3, -0.25) is 4.98 Å². The summed E-state index contributed by atoms with van der Waals surface area (Å²) < 4.78 is 6.46. The SMILES string of the molecule is CN/C([S-])=N/N=C(/C(=N/N=C(\[S-])NCCOC[P+](c1ccccc1)(c1ccccc1)c1ccccc1)c1ccccc1)c1cccnc1.[Cu+2]. The second kappa shape index (κ2) is 19.6. The van der Waals surface area contributed by atoms with Crippen molar-refractivity contribution in [3.63, 3.8) is 0 Å². The molecule has 12 heteroatoms. The van der Waals surface area contributed by atoms with E-state index in [1.165, 1.54) is 15.9 Å². The number of nitrogens with one attached hydrogen (secondary N) is 2. The maximum absolute atomic E-state index is 6.46. The van der Waals surface area contributed by atoms with Crippen LogP contribution in [0, 0.1) is 0 Å². The molecule has 0 saturated heterocycles. The van der Waals surface area contributed by atoms with E-state index in [1.807, 2.05) is 60.7 Å². The Bertz CT molecular complexity index is 1750. The smallest absolute Gasteiger partial charge is 0.741 e. The Labute approximate surface area is 310 Å². The average Bonchev–Trinajstić information content (AvgIpc) is 3.16. The Hall–Kier alpha value is -4.34. The van der Waals surface area contributed by atoms with Gasteiger partial charge in [-0.25, -0.2) is 0 Å². The van der Waals surface area contributed by atoms with Crippen LogP contribution in [0.5, 0.6) is 0 Å². The van der Waals surface area contributed by atoms with Gasteiger partial charge in [0.2, 0.25) is 0 Å². The van der Waals surface area contributed by atoms with Crippen LogP contribution in [0.1, 0.15) is 11.1 Å². The summed E-state index contributed by atoms with van der Waals surface area (Å²) in [5.41, 5.74) is 2.40. The Morgan fingerprint density at radius 2 is 1.10 bits per heavy atom. The number of pyridine rings is 1. The molecular formula is C37H35CuN7OPS2+. The number of rotatable bonds is 13. The number of amidine groups is 2. The molecule has 0 unspecified atom stereocenters. The molecule has 0 spiro atoms. The van der Waals surface area contributed by atoms with Gasteiger partial charge in [-0.05, 0) is 58.9 Å². The van der Waals surface area contributed by atoms with Gasteiger partial charge >= 0.3 is 17.1 Å². The van der Waals surface area contributed by atoms with Gasteiger partial charge in [0.05, 0.1) is 6.61 Å². The fraction of sp³-hybridized carbons (Fsp3) is 0.108. The third-order valence-corrected chi connectivity index (χ3v) is 11.9. The van der Waals surface area contributed by atoms with Gasteiger partial charge in [0.1, 0.15) is 34.6 Å². The first kappa shape index (κ1) is 37.5. The molecule has 49 heavy (non-hydrogen) atoms. The average molecular weight is 752 g/mol. The molecule has 2 N–H and O–H groups in total. The van der Waals surface area contributed by atoms with E-state index in [-0.39, 0.29) is 27.4 Å². The van der Waals surface area contributed by atoms with Gasteiger partial charge in [-0.2, -0.15) is 10.2 Å². The predicted molar refractivity (Wildman–Crippen MR) is 206 cm³/mol. The molecule has 0 atom stereocenters. The number of hydrogen-bond donors (Lipinski definition) is 2. The summed E-state index contributed by atoms with van der Waals surface area (Å²) in [4.78, 5) is 4.25. The summed E-state index contributed by atoms with van der Waals surface area (Å²) in [5.74, 6) is 0. The van der Waals surface area contributed by atoms with Gasteiger partial charge in [-0.15, -0.1) is 10.2 Å². The zero-order valence-electron chi connectivity index (χ0n) is 26.7. The molecule has 0 amide bonds. The molecule has 8 nitrogen and oxygen atoms in total. The van der Waals surface area contributed by atoms with Crippen molar-refractivity contribution < 1.29 is 21.8 Å². The summed E-state index contributed by atoms with van der Waals surface area (Å²) in [6, 6.07) is 45.2. The van der Waals surface area contributed by atoms with Crippen molar-refractivity contribution in [2.24, 2.45) is 20.4 Å². The van der Waals surface area contributed by atoms with Crippen LogP contribution in [-0.4, -0.2) is 53.3 Å². The molecule has 1 radical (unpaired) electrons. The van der Waals surface area contributed by atoms with Crippen LogP contribution in [-0.2, 0) is 47.1 Å². The number of hydrogen-bond acceptors (Lipinski definition) is 8. The van der Waals surface area contributed by atoms with Gasteiger partial charge in [0.15, 0.2) is 6.35 Å². The maximum Gasteiger partial charge on any atom is 2.00 e. The Balaban J connectivity index is 0.00000541. The molecule has 251 valence electrons. The maximum atomic E-state index is 6.46. The Kier molecular flexibility index (Phi) is 15.0. The minimum atomic E-state index is -2.10. The minimum absolute atomic E-state index is 0. The third-order valence-electron chi connectivity index (χ3n) is 7.30. The molecular weight excluding hydrogens is 717 g/mol. The normalized spacial score (nSPS) is 12.6. The summed E-state index contributed by atoms with van der Waals surface area (Å²) in [6.45, 7) is 0.869. The molecule has 5 aromatic rings. The molecule has 0 saturated carbocycles. The molecule has 0 fully saturated rings. The molecule has 1 heterocycles. The number of nitrogens with zero attached hydrogens (tertiary/aromatic N) is 5. The van der Waals surface area contributed by atoms with Crippen molar-refractivity contribution in [3.8, 4) is 0 Å². The quantitative estimate of drug-likeness (QED) is 0.0343. The molecule has 5 rings (SSSR count). The van der Waals surface area contributed by atoms with Crippen LogP contribution in [0.15, 0.2) is 166 Å². The van der Waals surface area contributed by atoms with Crippen molar-refractivity contribution in [3.05, 3.63) is 157 Å². The predicted octanol–water partition coefficient (Wildman–Crippen LogP) is 4.77. The van der Waals surface area contributed by atoms with Crippen molar-refractivity contribution in [2.45, 2.75) is 0 Å². The van der Waals surface area contributed by atoms with Crippen molar-refractivity contribution in [1.82, 2.24) is 15.6 Å². The molecule has 0 bridgehead atoms. The van der Waals surface area contributed by atoms with Gasteiger partial charge in [0, 0.05) is 37.1 Å². The van der Waals surface area contributed by atoms with E-state index in [0.29, 0.717) is 36.5 Å². The summed E-state index contributed by atoms with van der Waals surface area (Å²) in [6.07, 6.45) is 3.91. The Morgan fingerprint density at radius 1 is 0.633 bits per heavy atom. The van der Waals surface area contributed by atoms with E-state index in [9.17, 15) is 0 Å². The van der Waals surface area contributed by atoms with Gasteiger partial charge in [-0.1, -0.05) is 84.9 Å². The van der Waals surface area contributed by atoms with Crippen LogP contribution in [0.2, 0.25) is 0 Å². The van der Waals surface area contributed by atoms with Crippen LogP contribution in [0.3, 0.4) is 0 Å². The standard InChI is InChI=1S/C37H36N7OPS2.Cu/c1-38-36(47)43-42-35(30-17-14-24-39-27-30)34(29-15-6-2-7-16-29)41-44-37(48)40-25-26-45-28-46(31-18-8-3-9-19-31,32-20-10-4-11-21-32)33-22-12-5-13-23-33;/h2-24,27H,25-26,28H2,1H3,(H3-,38,40,41,42,43,44,47,48);/q;+2/p-1. The van der Waals surface area contributed by atoms with Crippen molar-refractivity contribution in [2.75, 3.05) is 26.5 Å². The summed E-state index contributed by atoms with van der Waals surface area (Å²) in [7, 11) is -0.415. The van der Waals surface area contributed by atoms with Crippen LogP contribution in [0.25, 0.3) is 0 Å². The fourth-order valence-electron chi connectivity index (χ4n) is 5.01. The van der Waals surface area contributed by atoms with Crippen LogP contribution in [0.4, 0.5) is 0 Å². The van der Waals surface area contributed by atoms with Crippen LogP contribution < -0.4 is 26.5 Å². The van der Waals surface area contributed by atoms with E-state index >= 15 is 0 Å². The minimum Gasteiger partial charge on any atom is -0.741 e. The topological polar surface area (TPSA) is 95.6 Å². The van der Waals surface area contributed by atoms with Crippen molar-refractivity contribution in [1.29, 1.82) is 0 Å². The van der Waals surface area contributed by atoms with Crippen molar-refractivity contribution >= 4 is 70.2 Å². The molecule has 0 aliphatic carbocycles. The monoisotopic (exact) mass is 751 g/mol. The third kappa shape index (κ3) is 10.1. The molecule has 1 aromatic heterocycles. The number of aromatic nitrogens is 1. The molecule has 0 aliphatic rings. The Morgan fingerprint density at radius 3 is 1.59 bits per heavy atom. The zero-order chi connectivity index (χ0) is 33.4. The number of ether oxygens (including phenoxy) is 1. The first-order valence-electron chi connectivity index (χ1n) is 15.3. The second-order valence-electron chi connectivity index (χ2n) is 10.3. The first-order valence-corrected chi connectivity index (χ1v) is 18.1. The van der Waals surface area contributed by atoms with Crippen LogP contribution >= 0.6 is 7.26 Å². The van der Waals surface area contributed by atoms with E-state index in [2.05, 4.69) is 109 Å². The van der Waals surface area contributed by atoms with Gasteiger partial charge in [0.25, 0.3) is 0 Å². The largest absolute Gasteiger partial charge is 2.00 e.